The summed E-state index contributed by atoms with van der Waals surface area (Å²) in [5, 5.41) is 2.75. The van der Waals surface area contributed by atoms with E-state index in [4.69, 9.17) is 10.5 Å². The van der Waals surface area contributed by atoms with Gasteiger partial charge in [0.15, 0.2) is 5.82 Å². The van der Waals surface area contributed by atoms with Crippen molar-refractivity contribution in [1.82, 2.24) is 19.3 Å². The molecule has 1 aliphatic rings. The highest BCUT2D eigenvalue weighted by atomic mass is 19.4. The number of carbonyl (C=O) groups is 2. The molecule has 9 nitrogen and oxygen atoms in total. The molecular weight excluding hydrogens is 477 g/mol. The number of piperidine rings is 1. The Balaban J connectivity index is 1.54. The first-order valence-electron chi connectivity index (χ1n) is 11.4. The van der Waals surface area contributed by atoms with Crippen LogP contribution in [0.2, 0.25) is 0 Å². The number of anilines is 2. The third-order valence-electron chi connectivity index (χ3n) is 5.69. The molecular formula is C24H27F3N6O3. The lowest BCUT2D eigenvalue weighted by Gasteiger charge is -2.35. The standard InChI is InChI=1S/C24H27F3N6O3/c1-23(2,3)36-22(35)33-9-5-4-6-17(33)21(34)31-18-13-32-12-14(7-8-19(32)30-18)15-10-16(24(25,26)27)20(28)29-11-15/h7-8,10-13,17H,4-6,9H2,1-3H3,(H2,28,29)(H,31,34). The van der Waals surface area contributed by atoms with Crippen molar-refractivity contribution in [3.63, 3.8) is 0 Å². The Morgan fingerprint density at radius 3 is 2.58 bits per heavy atom. The topological polar surface area (TPSA) is 115 Å². The lowest BCUT2D eigenvalue weighted by atomic mass is 10.0. The highest BCUT2D eigenvalue weighted by Gasteiger charge is 2.35. The summed E-state index contributed by atoms with van der Waals surface area (Å²) >= 11 is 0. The van der Waals surface area contributed by atoms with E-state index in [9.17, 15) is 22.8 Å². The second-order valence-electron chi connectivity index (χ2n) is 9.64. The lowest BCUT2D eigenvalue weighted by molar-refractivity contribution is -0.137. The van der Waals surface area contributed by atoms with Gasteiger partial charge in [-0.05, 0) is 58.2 Å². The summed E-state index contributed by atoms with van der Waals surface area (Å²) < 4.78 is 46.7. The first kappa shape index (κ1) is 25.3. The van der Waals surface area contributed by atoms with Crippen molar-refractivity contribution in [2.45, 2.75) is 57.9 Å². The van der Waals surface area contributed by atoms with E-state index < -0.39 is 35.3 Å². The fraction of sp³-hybridized carbons (Fsp3) is 0.417. The number of alkyl halides is 3. The molecule has 3 aromatic heterocycles. The minimum Gasteiger partial charge on any atom is -0.444 e. The maximum absolute atomic E-state index is 13.2. The minimum absolute atomic E-state index is 0.230. The van der Waals surface area contributed by atoms with Crippen molar-refractivity contribution >= 4 is 29.3 Å². The van der Waals surface area contributed by atoms with Gasteiger partial charge in [-0.25, -0.2) is 14.8 Å². The van der Waals surface area contributed by atoms with Gasteiger partial charge in [0.05, 0.1) is 11.8 Å². The van der Waals surface area contributed by atoms with Crippen LogP contribution in [0.3, 0.4) is 0 Å². The molecule has 1 unspecified atom stereocenters. The number of carbonyl (C=O) groups excluding carboxylic acids is 2. The second-order valence-corrected chi connectivity index (χ2v) is 9.64. The van der Waals surface area contributed by atoms with Crippen molar-refractivity contribution in [1.29, 1.82) is 0 Å². The van der Waals surface area contributed by atoms with E-state index in [-0.39, 0.29) is 17.3 Å². The van der Waals surface area contributed by atoms with E-state index in [1.807, 2.05) is 0 Å². The molecule has 3 aromatic rings. The summed E-state index contributed by atoms with van der Waals surface area (Å²) in [4.78, 5) is 35.1. The maximum Gasteiger partial charge on any atom is 0.419 e. The fourth-order valence-electron chi connectivity index (χ4n) is 4.04. The number of nitrogens with zero attached hydrogens (tertiary/aromatic N) is 4. The van der Waals surface area contributed by atoms with Crippen LogP contribution in [-0.2, 0) is 15.7 Å². The summed E-state index contributed by atoms with van der Waals surface area (Å²) in [7, 11) is 0. The SMILES string of the molecule is CC(C)(C)OC(=O)N1CCCCC1C(=O)Nc1cn2cc(-c3cnc(N)c(C(F)(F)F)c3)ccc2n1. The van der Waals surface area contributed by atoms with Crippen LogP contribution in [0, 0.1) is 0 Å². The highest BCUT2D eigenvalue weighted by Crippen LogP contribution is 2.35. The Morgan fingerprint density at radius 2 is 1.89 bits per heavy atom. The number of nitrogens with one attached hydrogen (secondary N) is 1. The molecule has 2 amide bonds. The lowest BCUT2D eigenvalue weighted by Crippen LogP contribution is -2.51. The number of aromatic nitrogens is 3. The molecule has 0 spiro atoms. The number of likely N-dealkylation sites (tertiary alicyclic amines) is 1. The highest BCUT2D eigenvalue weighted by molar-refractivity contribution is 5.96. The zero-order chi connectivity index (χ0) is 26.3. The molecule has 1 fully saturated rings. The molecule has 4 rings (SSSR count). The minimum atomic E-state index is -4.63. The van der Waals surface area contributed by atoms with Gasteiger partial charge < -0.3 is 20.2 Å². The van der Waals surface area contributed by atoms with Crippen LogP contribution in [0.4, 0.5) is 29.6 Å². The Bertz CT molecular complexity index is 1300. The summed E-state index contributed by atoms with van der Waals surface area (Å²) in [6, 6.07) is 3.46. The average Bonchev–Trinajstić information content (AvgIpc) is 3.19. The third-order valence-corrected chi connectivity index (χ3v) is 5.69. The van der Waals surface area contributed by atoms with Crippen LogP contribution in [0.25, 0.3) is 16.8 Å². The molecule has 1 aliphatic heterocycles. The number of amides is 2. The molecule has 0 saturated carbocycles. The third kappa shape index (κ3) is 5.52. The van der Waals surface area contributed by atoms with Gasteiger partial charge in [0.1, 0.15) is 23.1 Å². The molecule has 0 radical (unpaired) electrons. The van der Waals surface area contributed by atoms with Gasteiger partial charge >= 0.3 is 12.3 Å². The first-order chi connectivity index (χ1) is 16.8. The number of rotatable bonds is 3. The van der Waals surface area contributed by atoms with Crippen molar-refractivity contribution in [2.24, 2.45) is 0 Å². The van der Waals surface area contributed by atoms with E-state index in [0.717, 1.165) is 18.9 Å². The van der Waals surface area contributed by atoms with E-state index in [1.54, 1.807) is 49.7 Å². The van der Waals surface area contributed by atoms with Crippen LogP contribution in [0.1, 0.15) is 45.6 Å². The molecule has 1 saturated heterocycles. The summed E-state index contributed by atoms with van der Waals surface area (Å²) in [5.74, 6) is -0.733. The zero-order valence-electron chi connectivity index (χ0n) is 20.1. The van der Waals surface area contributed by atoms with Crippen molar-refractivity contribution in [3.8, 4) is 11.1 Å². The second kappa shape index (κ2) is 9.32. The van der Waals surface area contributed by atoms with Crippen molar-refractivity contribution in [3.05, 3.63) is 42.4 Å². The number of hydrogen-bond acceptors (Lipinski definition) is 6. The van der Waals surface area contributed by atoms with Crippen LogP contribution in [-0.4, -0.2) is 49.5 Å². The summed E-state index contributed by atoms with van der Waals surface area (Å²) in [6.45, 7) is 5.70. The van der Waals surface area contributed by atoms with Crippen LogP contribution in [0.5, 0.6) is 0 Å². The van der Waals surface area contributed by atoms with E-state index in [1.165, 1.54) is 11.1 Å². The van der Waals surface area contributed by atoms with Gasteiger partial charge in [0.2, 0.25) is 5.91 Å². The average molecular weight is 505 g/mol. The molecule has 12 heteroatoms. The molecule has 0 aliphatic carbocycles. The molecule has 3 N–H and O–H groups in total. The smallest absolute Gasteiger partial charge is 0.419 e. The predicted octanol–water partition coefficient (Wildman–Crippen LogP) is 4.73. The Labute approximate surface area is 205 Å². The number of nitrogens with two attached hydrogens (primary N) is 1. The van der Waals surface area contributed by atoms with Crippen LogP contribution in [0.15, 0.2) is 36.8 Å². The zero-order valence-corrected chi connectivity index (χ0v) is 20.1. The van der Waals surface area contributed by atoms with Gasteiger partial charge in [0.25, 0.3) is 0 Å². The number of fused-ring (bicyclic) bond motifs is 1. The van der Waals surface area contributed by atoms with E-state index in [0.29, 0.717) is 24.2 Å². The Morgan fingerprint density at radius 1 is 1.14 bits per heavy atom. The quantitative estimate of drug-likeness (QED) is 0.533. The number of hydrogen-bond donors (Lipinski definition) is 2. The number of imidazole rings is 1. The van der Waals surface area contributed by atoms with Gasteiger partial charge in [-0.3, -0.25) is 9.69 Å². The van der Waals surface area contributed by atoms with Crippen molar-refractivity contribution in [2.75, 3.05) is 17.6 Å². The Hall–Kier alpha value is -3.83. The molecule has 1 atom stereocenters. The number of nitrogen functional groups attached to an aromatic ring is 1. The van der Waals surface area contributed by atoms with E-state index >= 15 is 0 Å². The fourth-order valence-corrected chi connectivity index (χ4v) is 4.04. The van der Waals surface area contributed by atoms with Crippen LogP contribution >= 0.6 is 0 Å². The number of halogens is 3. The van der Waals surface area contributed by atoms with Crippen molar-refractivity contribution < 1.29 is 27.5 Å². The first-order valence-corrected chi connectivity index (χ1v) is 11.4. The Kier molecular flexibility index (Phi) is 6.54. The van der Waals surface area contributed by atoms with Gasteiger partial charge in [-0.1, -0.05) is 0 Å². The van der Waals surface area contributed by atoms with E-state index in [2.05, 4.69) is 15.3 Å². The normalized spacial score (nSPS) is 16.7. The molecule has 36 heavy (non-hydrogen) atoms. The molecule has 0 bridgehead atoms. The summed E-state index contributed by atoms with van der Waals surface area (Å²) in [5.41, 5.74) is 4.86. The maximum atomic E-state index is 13.2. The molecule has 4 heterocycles. The number of ether oxygens (including phenoxy) is 1. The van der Waals surface area contributed by atoms with Gasteiger partial charge in [0, 0.05) is 30.1 Å². The monoisotopic (exact) mass is 504 g/mol. The molecule has 192 valence electrons. The van der Waals surface area contributed by atoms with Gasteiger partial charge in [-0.2, -0.15) is 13.2 Å². The summed E-state index contributed by atoms with van der Waals surface area (Å²) in [6.07, 6.45) is 1.28. The molecule has 0 aromatic carbocycles. The number of pyridine rings is 2. The largest absolute Gasteiger partial charge is 0.444 e. The van der Waals surface area contributed by atoms with Gasteiger partial charge in [-0.15, -0.1) is 0 Å². The van der Waals surface area contributed by atoms with Crippen LogP contribution < -0.4 is 11.1 Å². The predicted molar refractivity (Wildman–Crippen MR) is 127 cm³/mol.